The number of para-hydroxylation sites is 1. The van der Waals surface area contributed by atoms with Crippen LogP contribution in [0.15, 0.2) is 30.5 Å². The number of nitrogens with one attached hydrogen (secondary N) is 1. The van der Waals surface area contributed by atoms with Crippen LogP contribution in [-0.4, -0.2) is 30.9 Å². The SMILES string of the molecule is Clc1cccc2ccn(CCNCC3CCOC3)c12. The number of benzene rings is 1. The highest BCUT2D eigenvalue weighted by atomic mass is 35.5. The third-order valence-corrected chi connectivity index (χ3v) is 4.03. The molecule has 1 N–H and O–H groups in total. The molecule has 1 aromatic heterocycles. The van der Waals surface area contributed by atoms with Crippen molar-refractivity contribution in [2.24, 2.45) is 5.92 Å². The average Bonchev–Trinajstić information content (AvgIpc) is 3.05. The molecular weight excluding hydrogens is 260 g/mol. The van der Waals surface area contributed by atoms with E-state index in [1.165, 1.54) is 11.8 Å². The maximum Gasteiger partial charge on any atom is 0.0670 e. The summed E-state index contributed by atoms with van der Waals surface area (Å²) in [6, 6.07) is 8.16. The molecule has 3 nitrogen and oxygen atoms in total. The maximum atomic E-state index is 6.26. The quantitative estimate of drug-likeness (QED) is 0.851. The van der Waals surface area contributed by atoms with Crippen LogP contribution in [0.25, 0.3) is 10.9 Å². The summed E-state index contributed by atoms with van der Waals surface area (Å²) in [7, 11) is 0. The summed E-state index contributed by atoms with van der Waals surface area (Å²) in [5.74, 6) is 0.685. The summed E-state index contributed by atoms with van der Waals surface area (Å²) in [4.78, 5) is 0. The van der Waals surface area contributed by atoms with E-state index >= 15 is 0 Å². The minimum atomic E-state index is 0.685. The smallest absolute Gasteiger partial charge is 0.0670 e. The van der Waals surface area contributed by atoms with Gasteiger partial charge in [0.05, 0.1) is 17.1 Å². The lowest BCUT2D eigenvalue weighted by molar-refractivity contribution is 0.185. The highest BCUT2D eigenvalue weighted by Gasteiger charge is 2.14. The molecule has 19 heavy (non-hydrogen) atoms. The van der Waals surface area contributed by atoms with E-state index in [2.05, 4.69) is 28.2 Å². The average molecular weight is 279 g/mol. The van der Waals surface area contributed by atoms with E-state index in [-0.39, 0.29) is 0 Å². The molecule has 2 heterocycles. The van der Waals surface area contributed by atoms with Gasteiger partial charge >= 0.3 is 0 Å². The molecule has 0 bridgehead atoms. The monoisotopic (exact) mass is 278 g/mol. The first-order valence-corrected chi connectivity index (χ1v) is 7.24. The van der Waals surface area contributed by atoms with Gasteiger partial charge in [0.2, 0.25) is 0 Å². The van der Waals surface area contributed by atoms with Crippen LogP contribution in [0, 0.1) is 5.92 Å². The van der Waals surface area contributed by atoms with E-state index in [1.54, 1.807) is 0 Å². The van der Waals surface area contributed by atoms with Gasteiger partial charge in [0.25, 0.3) is 0 Å². The molecule has 4 heteroatoms. The number of fused-ring (bicyclic) bond motifs is 1. The second kappa shape index (κ2) is 5.95. The number of halogens is 1. The van der Waals surface area contributed by atoms with Gasteiger partial charge < -0.3 is 14.6 Å². The van der Waals surface area contributed by atoms with Gasteiger partial charge in [-0.15, -0.1) is 0 Å². The predicted octanol–water partition coefficient (Wildman–Crippen LogP) is 2.92. The number of hydrogen-bond donors (Lipinski definition) is 1. The first kappa shape index (κ1) is 13.0. The van der Waals surface area contributed by atoms with E-state index in [0.717, 1.165) is 43.4 Å². The molecule has 1 fully saturated rings. The Bertz CT molecular complexity index is 546. The van der Waals surface area contributed by atoms with Crippen LogP contribution in [0.5, 0.6) is 0 Å². The van der Waals surface area contributed by atoms with Gasteiger partial charge in [0, 0.05) is 37.8 Å². The van der Waals surface area contributed by atoms with Crippen molar-refractivity contribution in [2.75, 3.05) is 26.3 Å². The molecule has 3 rings (SSSR count). The topological polar surface area (TPSA) is 26.2 Å². The highest BCUT2D eigenvalue weighted by Crippen LogP contribution is 2.24. The van der Waals surface area contributed by atoms with Crippen LogP contribution >= 0.6 is 11.6 Å². The zero-order valence-electron chi connectivity index (χ0n) is 10.9. The van der Waals surface area contributed by atoms with Gasteiger partial charge in [-0.3, -0.25) is 0 Å². The zero-order valence-corrected chi connectivity index (χ0v) is 11.7. The Hall–Kier alpha value is -1.03. The van der Waals surface area contributed by atoms with Crippen LogP contribution in [0.3, 0.4) is 0 Å². The Morgan fingerprint density at radius 1 is 1.37 bits per heavy atom. The number of rotatable bonds is 5. The molecule has 1 aliphatic heterocycles. The van der Waals surface area contributed by atoms with Gasteiger partial charge in [0.1, 0.15) is 0 Å². The molecule has 1 saturated heterocycles. The third kappa shape index (κ3) is 2.94. The second-order valence-electron chi connectivity index (χ2n) is 5.12. The number of ether oxygens (including phenoxy) is 1. The molecule has 0 spiro atoms. The number of hydrogen-bond acceptors (Lipinski definition) is 2. The normalized spacial score (nSPS) is 19.3. The minimum absolute atomic E-state index is 0.685. The van der Waals surface area contributed by atoms with Crippen LogP contribution in [0.4, 0.5) is 0 Å². The molecular formula is C15H19ClN2O. The summed E-state index contributed by atoms with van der Waals surface area (Å²) in [5.41, 5.74) is 1.13. The molecule has 1 aromatic carbocycles. The van der Waals surface area contributed by atoms with Crippen molar-refractivity contribution in [3.8, 4) is 0 Å². The standard InChI is InChI=1S/C15H19ClN2O/c16-14-3-1-2-13-4-7-18(15(13)14)8-6-17-10-12-5-9-19-11-12/h1-4,7,12,17H,5-6,8-11H2. The molecule has 0 aliphatic carbocycles. The van der Waals surface area contributed by atoms with Crippen molar-refractivity contribution >= 4 is 22.5 Å². The fourth-order valence-electron chi connectivity index (χ4n) is 2.65. The third-order valence-electron chi connectivity index (χ3n) is 3.73. The summed E-state index contributed by atoms with van der Waals surface area (Å²) in [6.45, 7) is 4.79. The Balaban J connectivity index is 1.56. The summed E-state index contributed by atoms with van der Waals surface area (Å²) >= 11 is 6.26. The van der Waals surface area contributed by atoms with Gasteiger partial charge in [-0.05, 0) is 24.5 Å². The van der Waals surface area contributed by atoms with Gasteiger partial charge in [0.15, 0.2) is 0 Å². The highest BCUT2D eigenvalue weighted by molar-refractivity contribution is 6.35. The molecule has 1 unspecified atom stereocenters. The van der Waals surface area contributed by atoms with Crippen molar-refractivity contribution in [3.63, 3.8) is 0 Å². The predicted molar refractivity (Wildman–Crippen MR) is 78.7 cm³/mol. The van der Waals surface area contributed by atoms with Crippen LogP contribution in [0.2, 0.25) is 5.02 Å². The minimum Gasteiger partial charge on any atom is -0.381 e. The molecule has 1 aliphatic rings. The lowest BCUT2D eigenvalue weighted by Gasteiger charge is -2.11. The van der Waals surface area contributed by atoms with Crippen LogP contribution in [0.1, 0.15) is 6.42 Å². The second-order valence-corrected chi connectivity index (χ2v) is 5.53. The van der Waals surface area contributed by atoms with Crippen molar-refractivity contribution in [2.45, 2.75) is 13.0 Å². The van der Waals surface area contributed by atoms with E-state index in [0.29, 0.717) is 5.92 Å². The zero-order chi connectivity index (χ0) is 13.1. The van der Waals surface area contributed by atoms with Crippen LogP contribution in [-0.2, 0) is 11.3 Å². The van der Waals surface area contributed by atoms with Crippen molar-refractivity contribution < 1.29 is 4.74 Å². The molecule has 2 aromatic rings. The van der Waals surface area contributed by atoms with E-state index in [1.807, 2.05) is 12.1 Å². The molecule has 1 atom stereocenters. The summed E-state index contributed by atoms with van der Waals surface area (Å²) in [6.07, 6.45) is 3.29. The largest absolute Gasteiger partial charge is 0.381 e. The Morgan fingerprint density at radius 2 is 2.32 bits per heavy atom. The number of nitrogens with zero attached hydrogens (tertiary/aromatic N) is 1. The lowest BCUT2D eigenvalue weighted by Crippen LogP contribution is -2.26. The number of aromatic nitrogens is 1. The first-order valence-electron chi connectivity index (χ1n) is 6.86. The van der Waals surface area contributed by atoms with Crippen molar-refractivity contribution in [3.05, 3.63) is 35.5 Å². The lowest BCUT2D eigenvalue weighted by atomic mass is 10.1. The van der Waals surface area contributed by atoms with Crippen molar-refractivity contribution in [1.29, 1.82) is 0 Å². The van der Waals surface area contributed by atoms with Gasteiger partial charge in [-0.1, -0.05) is 23.7 Å². The van der Waals surface area contributed by atoms with Crippen LogP contribution < -0.4 is 5.32 Å². The van der Waals surface area contributed by atoms with E-state index in [9.17, 15) is 0 Å². The van der Waals surface area contributed by atoms with Gasteiger partial charge in [-0.2, -0.15) is 0 Å². The van der Waals surface area contributed by atoms with Gasteiger partial charge in [-0.25, -0.2) is 0 Å². The molecule has 0 amide bonds. The Morgan fingerprint density at radius 3 is 3.16 bits per heavy atom. The summed E-state index contributed by atoms with van der Waals surface area (Å²) < 4.78 is 7.59. The fraction of sp³-hybridized carbons (Fsp3) is 0.467. The first-order chi connectivity index (χ1) is 9.34. The van der Waals surface area contributed by atoms with E-state index in [4.69, 9.17) is 16.3 Å². The van der Waals surface area contributed by atoms with Crippen molar-refractivity contribution in [1.82, 2.24) is 9.88 Å². The molecule has 102 valence electrons. The van der Waals surface area contributed by atoms with E-state index < -0.39 is 0 Å². The summed E-state index contributed by atoms with van der Waals surface area (Å²) in [5, 5.41) is 5.54. The Labute approximate surface area is 118 Å². The molecule has 0 radical (unpaired) electrons. The fourth-order valence-corrected chi connectivity index (χ4v) is 2.94. The maximum absolute atomic E-state index is 6.26. The Kier molecular flexibility index (Phi) is 4.06. The molecule has 0 saturated carbocycles.